The molecule has 298 valence electrons. The van der Waals surface area contributed by atoms with Crippen LogP contribution in [0.4, 0.5) is 4.79 Å². The first kappa shape index (κ1) is 40.4. The van der Waals surface area contributed by atoms with Crippen LogP contribution in [-0.2, 0) is 29.1 Å². The summed E-state index contributed by atoms with van der Waals surface area (Å²) in [5, 5.41) is 4.89. The maximum atomic E-state index is 14.6. The molecule has 3 fully saturated rings. The van der Waals surface area contributed by atoms with Gasteiger partial charge in [0.1, 0.15) is 35.1 Å². The van der Waals surface area contributed by atoms with Crippen LogP contribution in [0.2, 0.25) is 0 Å². The lowest BCUT2D eigenvalue weighted by Gasteiger charge is -2.36. The van der Waals surface area contributed by atoms with Crippen molar-refractivity contribution in [3.8, 4) is 28.3 Å². The Morgan fingerprint density at radius 3 is 1.98 bits per heavy atom. The van der Waals surface area contributed by atoms with Crippen LogP contribution in [-0.4, -0.2) is 83.2 Å². The maximum absolute atomic E-state index is 14.6. The molecule has 0 bridgehead atoms. The highest BCUT2D eigenvalue weighted by molar-refractivity contribution is 7.91. The fraction of sp³-hybridized carbons (Fsp3) is 0.452. The minimum Gasteiger partial charge on any atom is -0.488 e. The topological polar surface area (TPSA) is 173 Å². The third kappa shape index (κ3) is 9.23. The van der Waals surface area contributed by atoms with E-state index in [0.717, 1.165) is 11.1 Å². The number of carbonyl (C=O) groups excluding carboxylic acids is 4. The fourth-order valence-electron chi connectivity index (χ4n) is 6.91. The Kier molecular flexibility index (Phi) is 11.1. The van der Waals surface area contributed by atoms with Crippen LogP contribution in [0.5, 0.6) is 5.75 Å². The summed E-state index contributed by atoms with van der Waals surface area (Å²) in [5.41, 5.74) is -0.162. The van der Waals surface area contributed by atoms with Gasteiger partial charge in [-0.1, -0.05) is 87.5 Å². The number of nitrogens with zero attached hydrogens (tertiary/aromatic N) is 2. The van der Waals surface area contributed by atoms with E-state index in [0.29, 0.717) is 30.0 Å². The van der Waals surface area contributed by atoms with Gasteiger partial charge in [-0.15, -0.1) is 6.58 Å². The number of ether oxygens (including phenoxy) is 2. The van der Waals surface area contributed by atoms with Crippen molar-refractivity contribution in [3.05, 3.63) is 85.5 Å². The third-order valence-electron chi connectivity index (χ3n) is 10.1. The number of rotatable bonds is 12. The number of alkyl carbamates (subject to hydrolysis) is 1. The summed E-state index contributed by atoms with van der Waals surface area (Å²) in [6, 6.07) is 20.6. The van der Waals surface area contributed by atoms with E-state index in [1.165, 1.54) is 11.0 Å². The lowest BCUT2D eigenvalue weighted by Crippen LogP contribution is -2.60. The Morgan fingerprint density at radius 2 is 1.50 bits per heavy atom. The zero-order valence-electron chi connectivity index (χ0n) is 32.7. The molecule has 3 aromatic rings. The van der Waals surface area contributed by atoms with Crippen molar-refractivity contribution in [2.45, 2.75) is 102 Å². The predicted molar refractivity (Wildman–Crippen MR) is 212 cm³/mol. The molecule has 2 heterocycles. The SMILES string of the molecule is C=C[C@@H]1C[C@]1(NC(=O)[C@@H]1CC(Oc2cc(-c3ccccc3)nc(-c3ccccc3)c2)CN1C(=O)[C@@H](NC(=O)OC(C)(C)C)C(C)(C)C)C(=O)NS(=O)(=O)C1CC1. The highest BCUT2D eigenvalue weighted by Gasteiger charge is 2.62. The Morgan fingerprint density at radius 1 is 0.929 bits per heavy atom. The van der Waals surface area contributed by atoms with Gasteiger partial charge in [-0.05, 0) is 45.4 Å². The van der Waals surface area contributed by atoms with Crippen molar-refractivity contribution in [1.29, 1.82) is 0 Å². The first-order chi connectivity index (χ1) is 26.3. The van der Waals surface area contributed by atoms with Crippen LogP contribution in [0.1, 0.15) is 67.2 Å². The minimum atomic E-state index is -3.91. The normalized spacial score (nSPS) is 22.7. The molecule has 1 saturated heterocycles. The number of carbonyl (C=O) groups is 4. The molecule has 0 spiro atoms. The van der Waals surface area contributed by atoms with Crippen LogP contribution >= 0.6 is 0 Å². The van der Waals surface area contributed by atoms with Crippen molar-refractivity contribution >= 4 is 33.8 Å². The van der Waals surface area contributed by atoms with Crippen LogP contribution in [0, 0.1) is 11.3 Å². The van der Waals surface area contributed by atoms with E-state index >= 15 is 0 Å². The summed E-state index contributed by atoms with van der Waals surface area (Å²) in [7, 11) is -3.91. The van der Waals surface area contributed by atoms with Crippen molar-refractivity contribution in [1.82, 2.24) is 25.2 Å². The number of pyridine rings is 1. The fourth-order valence-corrected chi connectivity index (χ4v) is 8.28. The molecular formula is C42H51N5O8S. The Balaban J connectivity index is 1.32. The zero-order chi connectivity index (χ0) is 40.6. The summed E-state index contributed by atoms with van der Waals surface area (Å²) in [6.45, 7) is 14.3. The third-order valence-corrected chi connectivity index (χ3v) is 11.9. The predicted octanol–water partition coefficient (Wildman–Crippen LogP) is 5.37. The van der Waals surface area contributed by atoms with E-state index in [-0.39, 0.29) is 19.4 Å². The van der Waals surface area contributed by atoms with E-state index in [4.69, 9.17) is 14.5 Å². The second kappa shape index (κ2) is 15.4. The maximum Gasteiger partial charge on any atom is 0.408 e. The largest absolute Gasteiger partial charge is 0.488 e. The van der Waals surface area contributed by atoms with Gasteiger partial charge in [-0.25, -0.2) is 18.2 Å². The lowest BCUT2D eigenvalue weighted by molar-refractivity contribution is -0.143. The lowest BCUT2D eigenvalue weighted by atomic mass is 9.85. The number of likely N-dealkylation sites (tertiary alicyclic amines) is 1. The molecule has 2 aromatic carbocycles. The standard InChI is InChI=1S/C42H51N5O8S/c1-8-28-24-42(28,38(50)46-56(52,53)31-19-20-31)45-36(48)34-23-30(25-47(34)37(49)35(40(2,3)4)44-39(51)55-41(5,6)7)54-29-21-32(26-15-11-9-12-16-26)43-33(22-29)27-17-13-10-14-18-27/h8-18,21-22,28,30-31,34-35H,1,19-20,23-25H2,2-7H3,(H,44,51)(H,45,48)(H,46,50)/t28-,30?,34+,35-,42-/m1/s1. The van der Waals surface area contributed by atoms with Crippen LogP contribution < -0.4 is 20.1 Å². The van der Waals surface area contributed by atoms with Gasteiger partial charge in [0.25, 0.3) is 5.91 Å². The molecule has 2 saturated carbocycles. The van der Waals surface area contributed by atoms with Gasteiger partial charge in [0.05, 0.1) is 23.2 Å². The molecule has 4 amide bonds. The molecule has 3 N–H and O–H groups in total. The molecule has 13 nitrogen and oxygen atoms in total. The minimum absolute atomic E-state index is 0.0291. The van der Waals surface area contributed by atoms with Gasteiger partial charge in [0.15, 0.2) is 0 Å². The van der Waals surface area contributed by atoms with Crippen LogP contribution in [0.25, 0.3) is 22.5 Å². The summed E-state index contributed by atoms with van der Waals surface area (Å²) >= 11 is 0. The highest BCUT2D eigenvalue weighted by atomic mass is 32.2. The summed E-state index contributed by atoms with van der Waals surface area (Å²) < 4.78 is 39.8. The second-order valence-electron chi connectivity index (χ2n) is 16.9. The molecule has 0 radical (unpaired) electrons. The quantitative estimate of drug-likeness (QED) is 0.204. The number of nitrogens with one attached hydrogen (secondary N) is 3. The van der Waals surface area contributed by atoms with E-state index in [1.807, 2.05) is 72.8 Å². The molecule has 1 unspecified atom stereocenters. The van der Waals surface area contributed by atoms with Gasteiger partial charge in [0, 0.05) is 35.6 Å². The van der Waals surface area contributed by atoms with E-state index in [2.05, 4.69) is 21.9 Å². The zero-order valence-corrected chi connectivity index (χ0v) is 33.5. The number of amides is 4. The Bertz CT molecular complexity index is 2040. The van der Waals surface area contributed by atoms with E-state index in [1.54, 1.807) is 41.5 Å². The average molecular weight is 786 g/mol. The number of aromatic nitrogens is 1. The molecular weight excluding hydrogens is 735 g/mol. The van der Waals surface area contributed by atoms with Crippen molar-refractivity contribution < 1.29 is 37.1 Å². The second-order valence-corrected chi connectivity index (χ2v) is 18.9. The van der Waals surface area contributed by atoms with E-state index < -0.39 is 79.7 Å². The Labute approximate surface area is 328 Å². The smallest absolute Gasteiger partial charge is 0.408 e. The monoisotopic (exact) mass is 785 g/mol. The molecule has 1 aliphatic heterocycles. The van der Waals surface area contributed by atoms with Crippen molar-refractivity contribution in [2.75, 3.05) is 6.54 Å². The molecule has 3 aliphatic rings. The number of benzene rings is 2. The van der Waals surface area contributed by atoms with Gasteiger partial charge in [0.2, 0.25) is 21.8 Å². The number of hydrogen-bond donors (Lipinski definition) is 3. The Hall–Kier alpha value is -5.24. The van der Waals surface area contributed by atoms with Crippen LogP contribution in [0.3, 0.4) is 0 Å². The van der Waals surface area contributed by atoms with Gasteiger partial charge in [-0.3, -0.25) is 19.1 Å². The molecule has 56 heavy (non-hydrogen) atoms. The first-order valence-corrected chi connectivity index (χ1v) is 20.4. The average Bonchev–Trinajstić information content (AvgIpc) is 4.06. The van der Waals surface area contributed by atoms with E-state index in [9.17, 15) is 27.6 Å². The van der Waals surface area contributed by atoms with Crippen molar-refractivity contribution in [2.24, 2.45) is 11.3 Å². The van der Waals surface area contributed by atoms with Gasteiger partial charge in [-0.2, -0.15) is 0 Å². The van der Waals surface area contributed by atoms with Gasteiger partial charge >= 0.3 is 6.09 Å². The highest BCUT2D eigenvalue weighted by Crippen LogP contribution is 2.45. The van der Waals surface area contributed by atoms with Crippen LogP contribution in [0.15, 0.2) is 85.5 Å². The van der Waals surface area contributed by atoms with Gasteiger partial charge < -0.3 is 25.0 Å². The molecule has 2 aliphatic carbocycles. The molecule has 6 rings (SSSR count). The number of sulfonamides is 1. The molecule has 14 heteroatoms. The first-order valence-electron chi connectivity index (χ1n) is 18.9. The van der Waals surface area contributed by atoms with Crippen molar-refractivity contribution in [3.63, 3.8) is 0 Å². The molecule has 5 atom stereocenters. The summed E-state index contributed by atoms with van der Waals surface area (Å²) in [4.78, 5) is 61.9. The molecule has 1 aromatic heterocycles. The summed E-state index contributed by atoms with van der Waals surface area (Å²) in [6.07, 6.45) is 1.08. The number of hydrogen-bond acceptors (Lipinski definition) is 9. The summed E-state index contributed by atoms with van der Waals surface area (Å²) in [5.74, 6) is -2.12.